The highest BCUT2D eigenvalue weighted by molar-refractivity contribution is 9.10. The highest BCUT2D eigenvalue weighted by atomic mass is 79.9. The highest BCUT2D eigenvalue weighted by Crippen LogP contribution is 2.24. The van der Waals surface area contributed by atoms with Gasteiger partial charge < -0.3 is 0 Å². The minimum absolute atomic E-state index is 0.0370. The number of rotatable bonds is 8. The molecule has 0 aliphatic rings. The van der Waals surface area contributed by atoms with Gasteiger partial charge in [0.05, 0.1) is 17.7 Å². The molecule has 184 valence electrons. The van der Waals surface area contributed by atoms with Gasteiger partial charge in [-0.15, -0.1) is 0 Å². The van der Waals surface area contributed by atoms with Crippen LogP contribution < -0.4 is 5.43 Å². The van der Waals surface area contributed by atoms with Gasteiger partial charge in [-0.3, -0.25) is 4.79 Å². The van der Waals surface area contributed by atoms with Crippen molar-refractivity contribution < 1.29 is 13.2 Å². The van der Waals surface area contributed by atoms with Gasteiger partial charge in [-0.2, -0.15) is 9.41 Å². The van der Waals surface area contributed by atoms with Crippen molar-refractivity contribution in [1.29, 1.82) is 0 Å². The van der Waals surface area contributed by atoms with Crippen LogP contribution in [0.5, 0.6) is 0 Å². The first kappa shape index (κ1) is 27.1. The number of carbonyl (C=O) groups excluding carboxylic acids is 1. The van der Waals surface area contributed by atoms with Gasteiger partial charge in [0.2, 0.25) is 10.0 Å². The van der Waals surface area contributed by atoms with Crippen LogP contribution in [0.2, 0.25) is 5.02 Å². The third kappa shape index (κ3) is 7.48. The number of nitrogens with zero attached hydrogens (tertiary/aromatic N) is 2. The molecule has 0 saturated carbocycles. The molecule has 6 nitrogen and oxygen atoms in total. The van der Waals surface area contributed by atoms with Crippen molar-refractivity contribution in [2.24, 2.45) is 5.10 Å². The summed E-state index contributed by atoms with van der Waals surface area (Å²) in [5.41, 5.74) is 5.05. The van der Waals surface area contributed by atoms with E-state index < -0.39 is 22.5 Å². The summed E-state index contributed by atoms with van der Waals surface area (Å²) in [7, 11) is -3.98. The van der Waals surface area contributed by atoms with Gasteiger partial charge in [-0.1, -0.05) is 90.8 Å². The molecule has 0 saturated heterocycles. The fourth-order valence-corrected chi connectivity index (χ4v) is 5.08. The zero-order valence-electron chi connectivity index (χ0n) is 19.7. The Bertz CT molecular complexity index is 1300. The Labute approximate surface area is 220 Å². The molecule has 0 aliphatic heterocycles. The average molecular weight is 577 g/mol. The number of hydrogen-bond donors (Lipinski definition) is 1. The SMILES string of the molecule is CC(C)(C)c1ccc(/C=N/NC(=O)CN(Cc2ccccc2Cl)S(=O)(=O)c2ccc(Br)cc2)cc1. The van der Waals surface area contributed by atoms with E-state index in [1.54, 1.807) is 36.4 Å². The summed E-state index contributed by atoms with van der Waals surface area (Å²) < 4.78 is 28.5. The van der Waals surface area contributed by atoms with Crippen molar-refractivity contribution in [3.63, 3.8) is 0 Å². The van der Waals surface area contributed by atoms with Gasteiger partial charge in [-0.25, -0.2) is 13.8 Å². The van der Waals surface area contributed by atoms with E-state index in [1.165, 1.54) is 23.9 Å². The molecule has 0 bridgehead atoms. The second kappa shape index (κ2) is 11.5. The number of amides is 1. The molecule has 0 heterocycles. The van der Waals surface area contributed by atoms with Crippen molar-refractivity contribution in [3.05, 3.63) is 99.0 Å². The van der Waals surface area contributed by atoms with Crippen LogP contribution in [0.25, 0.3) is 0 Å². The molecule has 0 atom stereocenters. The van der Waals surface area contributed by atoms with E-state index in [0.29, 0.717) is 10.6 Å². The first-order chi connectivity index (χ1) is 16.5. The fraction of sp³-hybridized carbons (Fsp3) is 0.231. The number of carbonyl (C=O) groups is 1. The molecule has 0 aromatic heterocycles. The topological polar surface area (TPSA) is 78.8 Å². The molecule has 3 aromatic rings. The number of halogens is 2. The van der Waals surface area contributed by atoms with Gasteiger partial charge in [0.15, 0.2) is 0 Å². The molecule has 1 amide bonds. The van der Waals surface area contributed by atoms with Crippen molar-refractivity contribution in [2.45, 2.75) is 37.6 Å². The van der Waals surface area contributed by atoms with Crippen LogP contribution >= 0.6 is 27.5 Å². The van der Waals surface area contributed by atoms with E-state index in [1.807, 2.05) is 24.3 Å². The molecule has 3 rings (SSSR count). The molecule has 0 spiro atoms. The van der Waals surface area contributed by atoms with Gasteiger partial charge in [0, 0.05) is 16.0 Å². The fourth-order valence-electron chi connectivity index (χ4n) is 3.24. The predicted octanol–water partition coefficient (Wildman–Crippen LogP) is 5.74. The molecule has 0 aliphatic carbocycles. The summed E-state index contributed by atoms with van der Waals surface area (Å²) in [6.45, 7) is 5.90. The second-order valence-corrected chi connectivity index (χ2v) is 12.2. The van der Waals surface area contributed by atoms with Crippen molar-refractivity contribution in [1.82, 2.24) is 9.73 Å². The van der Waals surface area contributed by atoms with Gasteiger partial charge in [0.1, 0.15) is 0 Å². The Hall–Kier alpha value is -2.52. The van der Waals surface area contributed by atoms with Crippen LogP contribution in [-0.2, 0) is 26.8 Å². The lowest BCUT2D eigenvalue weighted by Crippen LogP contribution is -2.39. The Kier molecular flexibility index (Phi) is 8.88. The quantitative estimate of drug-likeness (QED) is 0.274. The third-order valence-electron chi connectivity index (χ3n) is 5.26. The minimum atomic E-state index is -3.98. The summed E-state index contributed by atoms with van der Waals surface area (Å²) in [5.74, 6) is -0.569. The van der Waals surface area contributed by atoms with Gasteiger partial charge in [-0.05, 0) is 52.4 Å². The van der Waals surface area contributed by atoms with Crippen molar-refractivity contribution >= 4 is 49.7 Å². The lowest BCUT2D eigenvalue weighted by molar-refractivity contribution is -0.121. The summed E-state index contributed by atoms with van der Waals surface area (Å²) in [6.07, 6.45) is 1.52. The van der Waals surface area contributed by atoms with E-state index in [4.69, 9.17) is 11.6 Å². The Morgan fingerprint density at radius 1 is 1.03 bits per heavy atom. The summed E-state index contributed by atoms with van der Waals surface area (Å²) in [6, 6.07) is 21.0. The maximum Gasteiger partial charge on any atom is 0.255 e. The lowest BCUT2D eigenvalue weighted by atomic mass is 9.87. The van der Waals surface area contributed by atoms with Crippen LogP contribution in [0.3, 0.4) is 0 Å². The highest BCUT2D eigenvalue weighted by Gasteiger charge is 2.27. The molecular formula is C26H27BrClN3O3S. The Balaban J connectivity index is 1.76. The number of benzene rings is 3. The number of hydrogen-bond acceptors (Lipinski definition) is 4. The van der Waals surface area contributed by atoms with Crippen LogP contribution in [0.1, 0.15) is 37.5 Å². The summed E-state index contributed by atoms with van der Waals surface area (Å²) >= 11 is 9.57. The zero-order chi connectivity index (χ0) is 25.6. The second-order valence-electron chi connectivity index (χ2n) is 8.98. The Morgan fingerprint density at radius 2 is 1.66 bits per heavy atom. The normalized spacial score (nSPS) is 12.3. The maximum atomic E-state index is 13.4. The molecular weight excluding hydrogens is 550 g/mol. The van der Waals surface area contributed by atoms with Crippen molar-refractivity contribution in [3.8, 4) is 0 Å². The summed E-state index contributed by atoms with van der Waals surface area (Å²) in [4.78, 5) is 12.7. The summed E-state index contributed by atoms with van der Waals surface area (Å²) in [5, 5.41) is 4.42. The van der Waals surface area contributed by atoms with Crippen LogP contribution in [-0.4, -0.2) is 31.4 Å². The standard InChI is InChI=1S/C26H27BrClN3O3S/c1-26(2,3)21-10-8-19(9-11-21)16-29-30-25(32)18-31(17-20-6-4-5-7-24(20)28)35(33,34)23-14-12-22(27)13-15-23/h4-16H,17-18H2,1-3H3,(H,30,32)/b29-16+. The van der Waals surface area contributed by atoms with Crippen LogP contribution in [0.4, 0.5) is 0 Å². The van der Waals surface area contributed by atoms with Crippen LogP contribution in [0, 0.1) is 0 Å². The first-order valence-corrected chi connectivity index (χ1v) is 13.5. The molecule has 35 heavy (non-hydrogen) atoms. The Morgan fingerprint density at radius 3 is 2.26 bits per heavy atom. The zero-order valence-corrected chi connectivity index (χ0v) is 22.9. The lowest BCUT2D eigenvalue weighted by Gasteiger charge is -2.22. The first-order valence-electron chi connectivity index (χ1n) is 10.9. The maximum absolute atomic E-state index is 13.4. The van der Waals surface area contributed by atoms with E-state index >= 15 is 0 Å². The molecule has 1 N–H and O–H groups in total. The van der Waals surface area contributed by atoms with Gasteiger partial charge in [0.25, 0.3) is 5.91 Å². The largest absolute Gasteiger partial charge is 0.272 e. The van der Waals surface area contributed by atoms with E-state index in [-0.39, 0.29) is 16.9 Å². The smallest absolute Gasteiger partial charge is 0.255 e. The molecule has 3 aromatic carbocycles. The van der Waals surface area contributed by atoms with Crippen LogP contribution in [0.15, 0.2) is 87.3 Å². The minimum Gasteiger partial charge on any atom is -0.272 e. The monoisotopic (exact) mass is 575 g/mol. The number of sulfonamides is 1. The number of hydrazone groups is 1. The molecule has 0 unspecified atom stereocenters. The third-order valence-corrected chi connectivity index (χ3v) is 7.96. The predicted molar refractivity (Wildman–Crippen MR) is 144 cm³/mol. The number of nitrogens with one attached hydrogen (secondary N) is 1. The molecule has 0 radical (unpaired) electrons. The van der Waals surface area contributed by atoms with Gasteiger partial charge >= 0.3 is 0 Å². The van der Waals surface area contributed by atoms with Crippen molar-refractivity contribution in [2.75, 3.05) is 6.54 Å². The molecule has 0 fully saturated rings. The molecule has 9 heteroatoms. The van der Waals surface area contributed by atoms with E-state index in [2.05, 4.69) is 47.2 Å². The average Bonchev–Trinajstić information content (AvgIpc) is 2.80. The van der Waals surface area contributed by atoms with E-state index in [9.17, 15) is 13.2 Å². The van der Waals surface area contributed by atoms with E-state index in [0.717, 1.165) is 14.3 Å².